The SMILES string of the molecule is CC(=O)OCC1C(OC(C)=O)CC(OC(C)=O)C2(C)C(OC(C)=O)C(OC(C)=O)C3=C(C)C(OC(C)=O)CC(C(O)C12)C3(C)C. The first-order chi connectivity index (χ1) is 20.7. The van der Waals surface area contributed by atoms with Crippen LogP contribution < -0.4 is 0 Å². The van der Waals surface area contributed by atoms with Crippen molar-refractivity contribution in [3.8, 4) is 0 Å². The maximum absolute atomic E-state index is 12.8. The van der Waals surface area contributed by atoms with E-state index in [1.807, 2.05) is 13.8 Å². The Balaban J connectivity index is 2.49. The van der Waals surface area contributed by atoms with Gasteiger partial charge in [0.1, 0.15) is 18.3 Å². The molecule has 0 amide bonds. The summed E-state index contributed by atoms with van der Waals surface area (Å²) >= 11 is 0. The first kappa shape index (κ1) is 36.0. The van der Waals surface area contributed by atoms with Crippen LogP contribution >= 0.6 is 0 Å². The predicted octanol–water partition coefficient (Wildman–Crippen LogP) is 2.59. The lowest BCUT2D eigenvalue weighted by Crippen LogP contribution is -2.70. The molecule has 0 heterocycles. The molecule has 0 aliphatic heterocycles. The van der Waals surface area contributed by atoms with Gasteiger partial charge < -0.3 is 33.5 Å². The smallest absolute Gasteiger partial charge is 0.303 e. The highest BCUT2D eigenvalue weighted by Crippen LogP contribution is 2.61. The molecule has 2 bridgehead atoms. The lowest BCUT2D eigenvalue weighted by molar-refractivity contribution is -0.255. The van der Waals surface area contributed by atoms with E-state index >= 15 is 0 Å². The molecule has 10 atom stereocenters. The zero-order valence-corrected chi connectivity index (χ0v) is 27.7. The van der Waals surface area contributed by atoms with Gasteiger partial charge in [-0.15, -0.1) is 0 Å². The van der Waals surface area contributed by atoms with Gasteiger partial charge in [0.2, 0.25) is 0 Å². The van der Waals surface area contributed by atoms with E-state index in [-0.39, 0.29) is 19.4 Å². The minimum atomic E-state index is -1.51. The number of aliphatic hydroxyl groups excluding tert-OH is 1. The normalized spacial score (nSPS) is 35.4. The van der Waals surface area contributed by atoms with Gasteiger partial charge in [-0.2, -0.15) is 0 Å². The van der Waals surface area contributed by atoms with Gasteiger partial charge in [0, 0.05) is 59.8 Å². The number of ether oxygens (including phenoxy) is 6. The van der Waals surface area contributed by atoms with E-state index in [1.54, 1.807) is 13.8 Å². The number of carbonyl (C=O) groups is 6. The fraction of sp³-hybridized carbons (Fsp3) is 0.750. The van der Waals surface area contributed by atoms with E-state index in [1.165, 1.54) is 41.5 Å². The average Bonchev–Trinajstić information content (AvgIpc) is 2.87. The second-order valence-corrected chi connectivity index (χ2v) is 13.1. The van der Waals surface area contributed by atoms with Crippen LogP contribution in [-0.2, 0) is 57.2 Å². The second-order valence-electron chi connectivity index (χ2n) is 13.1. The summed E-state index contributed by atoms with van der Waals surface area (Å²) in [7, 11) is 0. The predicted molar refractivity (Wildman–Crippen MR) is 155 cm³/mol. The summed E-state index contributed by atoms with van der Waals surface area (Å²) in [5, 5.41) is 12.6. The molecule has 13 heteroatoms. The van der Waals surface area contributed by atoms with Crippen LogP contribution in [-0.4, -0.2) is 84.2 Å². The van der Waals surface area contributed by atoms with E-state index in [4.69, 9.17) is 28.4 Å². The van der Waals surface area contributed by atoms with E-state index in [2.05, 4.69) is 0 Å². The third kappa shape index (κ3) is 7.18. The molecule has 2 fully saturated rings. The Kier molecular flexibility index (Phi) is 10.8. The van der Waals surface area contributed by atoms with Crippen molar-refractivity contribution in [2.45, 2.75) is 119 Å². The van der Waals surface area contributed by atoms with E-state index in [0.29, 0.717) is 11.1 Å². The van der Waals surface area contributed by atoms with Gasteiger partial charge in [-0.25, -0.2) is 0 Å². The molecule has 0 radical (unpaired) electrons. The Morgan fingerprint density at radius 1 is 0.733 bits per heavy atom. The van der Waals surface area contributed by atoms with Gasteiger partial charge in [0.05, 0.1) is 18.1 Å². The molecule has 10 unspecified atom stereocenters. The number of aliphatic hydroxyl groups is 1. The number of carbonyl (C=O) groups excluding carboxylic acids is 6. The summed E-state index contributed by atoms with van der Waals surface area (Å²) in [4.78, 5) is 74.8. The van der Waals surface area contributed by atoms with Gasteiger partial charge in [-0.1, -0.05) is 20.8 Å². The second kappa shape index (κ2) is 13.5. The van der Waals surface area contributed by atoms with Crippen LogP contribution in [0.1, 0.15) is 82.1 Å². The molecule has 0 spiro atoms. The molecular formula is C32H46O13. The highest BCUT2D eigenvalue weighted by molar-refractivity contribution is 5.69. The topological polar surface area (TPSA) is 178 Å². The van der Waals surface area contributed by atoms with Crippen molar-refractivity contribution in [3.63, 3.8) is 0 Å². The largest absolute Gasteiger partial charge is 0.465 e. The van der Waals surface area contributed by atoms with Gasteiger partial charge >= 0.3 is 35.8 Å². The van der Waals surface area contributed by atoms with Crippen molar-refractivity contribution in [1.82, 2.24) is 0 Å². The summed E-state index contributed by atoms with van der Waals surface area (Å²) in [6.45, 7) is 14.1. The molecule has 0 saturated heterocycles. The third-order valence-electron chi connectivity index (χ3n) is 9.75. The number of hydrogen-bond donors (Lipinski definition) is 1. The number of rotatable bonds is 7. The minimum absolute atomic E-state index is 0.0997. The molecule has 45 heavy (non-hydrogen) atoms. The monoisotopic (exact) mass is 638 g/mol. The molecule has 0 aromatic carbocycles. The van der Waals surface area contributed by atoms with Crippen molar-refractivity contribution >= 4 is 35.8 Å². The van der Waals surface area contributed by atoms with Crippen molar-refractivity contribution in [2.24, 2.45) is 28.6 Å². The van der Waals surface area contributed by atoms with Crippen LogP contribution in [0.5, 0.6) is 0 Å². The minimum Gasteiger partial charge on any atom is -0.465 e. The highest BCUT2D eigenvalue weighted by atomic mass is 16.6. The van der Waals surface area contributed by atoms with Gasteiger partial charge in [-0.05, 0) is 35.8 Å². The van der Waals surface area contributed by atoms with E-state index < -0.39 is 101 Å². The molecular weight excluding hydrogens is 592 g/mol. The molecule has 0 aromatic rings. The highest BCUT2D eigenvalue weighted by Gasteiger charge is 2.68. The zero-order valence-electron chi connectivity index (χ0n) is 27.7. The Morgan fingerprint density at radius 2 is 1.27 bits per heavy atom. The first-order valence-electron chi connectivity index (χ1n) is 15.1. The summed E-state index contributed by atoms with van der Waals surface area (Å²) in [6.07, 6.45) is -6.87. The van der Waals surface area contributed by atoms with Crippen LogP contribution in [0.4, 0.5) is 0 Å². The number of esters is 6. The molecule has 3 aliphatic rings. The average molecular weight is 639 g/mol. The molecule has 1 N–H and O–H groups in total. The Hall–Kier alpha value is -3.48. The molecule has 3 rings (SSSR count). The van der Waals surface area contributed by atoms with Crippen LogP contribution in [0, 0.1) is 28.6 Å². The third-order valence-corrected chi connectivity index (χ3v) is 9.75. The Morgan fingerprint density at radius 3 is 1.76 bits per heavy atom. The zero-order chi connectivity index (χ0) is 34.2. The van der Waals surface area contributed by atoms with Crippen molar-refractivity contribution in [3.05, 3.63) is 11.1 Å². The summed E-state index contributed by atoms with van der Waals surface area (Å²) < 4.78 is 34.8. The first-order valence-corrected chi connectivity index (χ1v) is 15.1. The van der Waals surface area contributed by atoms with Crippen molar-refractivity contribution in [2.75, 3.05) is 6.61 Å². The van der Waals surface area contributed by atoms with Gasteiger partial charge in [0.25, 0.3) is 0 Å². The lowest BCUT2D eigenvalue weighted by atomic mass is 9.47. The molecule has 2 saturated carbocycles. The van der Waals surface area contributed by atoms with Crippen LogP contribution in [0.2, 0.25) is 0 Å². The maximum Gasteiger partial charge on any atom is 0.303 e. The molecule has 3 aliphatic carbocycles. The summed E-state index contributed by atoms with van der Waals surface area (Å²) in [5.74, 6) is -6.60. The van der Waals surface area contributed by atoms with Crippen molar-refractivity contribution < 1.29 is 62.3 Å². The standard InChI is InChI=1S/C32H46O13/c1-14-23(41-16(3)34)11-22-28(39)27-21(13-40-15(2)33)24(42-17(4)35)12-25(43-18(5)36)32(27,10)30(45-20(7)38)29(44-19(6)37)26(14)31(22,8)9/h21-25,27-30,39H,11-13H2,1-10H3. The number of hydrogen-bond acceptors (Lipinski definition) is 13. The van der Waals surface area contributed by atoms with E-state index in [0.717, 1.165) is 0 Å². The Bertz CT molecular complexity index is 1250. The van der Waals surface area contributed by atoms with Gasteiger partial charge in [0.15, 0.2) is 12.2 Å². The fourth-order valence-electron chi connectivity index (χ4n) is 8.16. The molecule has 13 nitrogen and oxygen atoms in total. The molecule has 0 aromatic heterocycles. The van der Waals surface area contributed by atoms with Crippen LogP contribution in [0.3, 0.4) is 0 Å². The summed E-state index contributed by atoms with van der Waals surface area (Å²) in [6, 6.07) is 0. The van der Waals surface area contributed by atoms with Crippen molar-refractivity contribution in [1.29, 1.82) is 0 Å². The van der Waals surface area contributed by atoms with Gasteiger partial charge in [-0.3, -0.25) is 28.8 Å². The fourth-order valence-corrected chi connectivity index (χ4v) is 8.16. The quantitative estimate of drug-likeness (QED) is 0.245. The Labute approximate surface area is 263 Å². The molecule has 252 valence electrons. The number of fused-ring (bicyclic) bond motifs is 3. The van der Waals surface area contributed by atoms with E-state index in [9.17, 15) is 33.9 Å². The van der Waals surface area contributed by atoms with Crippen LogP contribution in [0.25, 0.3) is 0 Å². The lowest BCUT2D eigenvalue weighted by Gasteiger charge is -2.62. The summed E-state index contributed by atoms with van der Waals surface area (Å²) in [5.41, 5.74) is -1.40. The maximum atomic E-state index is 12.8. The van der Waals surface area contributed by atoms with Crippen LogP contribution in [0.15, 0.2) is 11.1 Å².